The van der Waals surface area contributed by atoms with Crippen molar-refractivity contribution in [3.63, 3.8) is 0 Å². The lowest BCUT2D eigenvalue weighted by Crippen LogP contribution is -2.41. The maximum atomic E-state index is 12.5. The Bertz CT molecular complexity index is 598. The van der Waals surface area contributed by atoms with E-state index in [1.54, 1.807) is 32.5 Å². The van der Waals surface area contributed by atoms with Crippen molar-refractivity contribution in [1.29, 1.82) is 0 Å². The number of thioether (sulfide) groups is 1. The van der Waals surface area contributed by atoms with Crippen LogP contribution in [0, 0.1) is 0 Å². The van der Waals surface area contributed by atoms with E-state index < -0.39 is 11.7 Å². The third-order valence-electron chi connectivity index (χ3n) is 3.85. The van der Waals surface area contributed by atoms with E-state index in [1.807, 2.05) is 23.3 Å². The van der Waals surface area contributed by atoms with Crippen LogP contribution < -0.4 is 5.32 Å². The summed E-state index contributed by atoms with van der Waals surface area (Å²) in [6.07, 6.45) is 3.42. The van der Waals surface area contributed by atoms with Crippen LogP contribution in [0.15, 0.2) is 29.2 Å². The highest BCUT2D eigenvalue weighted by Gasteiger charge is 2.31. The molecule has 5 nitrogen and oxygen atoms in total. The van der Waals surface area contributed by atoms with E-state index in [-0.39, 0.29) is 18.5 Å². The van der Waals surface area contributed by atoms with E-state index >= 15 is 0 Å². The molecule has 1 fully saturated rings. The summed E-state index contributed by atoms with van der Waals surface area (Å²) in [4.78, 5) is 27.3. The van der Waals surface area contributed by atoms with E-state index in [0.29, 0.717) is 0 Å². The smallest absolute Gasteiger partial charge is 0.408 e. The molecule has 0 spiro atoms. The van der Waals surface area contributed by atoms with Crippen molar-refractivity contribution in [2.45, 2.75) is 50.2 Å². The molecule has 1 N–H and O–H groups in total. The lowest BCUT2D eigenvalue weighted by molar-refractivity contribution is -0.131. The first-order valence-corrected chi connectivity index (χ1v) is 9.43. The fourth-order valence-electron chi connectivity index (χ4n) is 2.89. The molecular formula is C18H26N2O3S. The van der Waals surface area contributed by atoms with Crippen molar-refractivity contribution in [2.75, 3.05) is 19.3 Å². The summed E-state index contributed by atoms with van der Waals surface area (Å²) < 4.78 is 5.17. The predicted molar refractivity (Wildman–Crippen MR) is 96.1 cm³/mol. The number of hydrogen-bond donors (Lipinski definition) is 1. The van der Waals surface area contributed by atoms with Gasteiger partial charge in [-0.05, 0) is 51.5 Å². The number of carbonyl (C=O) groups excluding carboxylic acids is 2. The number of hydrogen-bond acceptors (Lipinski definition) is 4. The fraction of sp³-hybridized carbons (Fsp3) is 0.556. The predicted octanol–water partition coefficient (Wildman–Crippen LogP) is 3.60. The molecule has 1 unspecified atom stereocenters. The quantitative estimate of drug-likeness (QED) is 0.843. The van der Waals surface area contributed by atoms with Gasteiger partial charge in [-0.15, -0.1) is 11.8 Å². The number of nitrogens with zero attached hydrogens (tertiary/aromatic N) is 1. The van der Waals surface area contributed by atoms with Crippen molar-refractivity contribution >= 4 is 23.8 Å². The van der Waals surface area contributed by atoms with Gasteiger partial charge >= 0.3 is 6.09 Å². The van der Waals surface area contributed by atoms with Gasteiger partial charge in [0.2, 0.25) is 5.91 Å². The van der Waals surface area contributed by atoms with Crippen LogP contribution in [-0.4, -0.2) is 41.8 Å². The maximum Gasteiger partial charge on any atom is 0.408 e. The molecule has 0 aliphatic carbocycles. The average Bonchev–Trinajstić information content (AvgIpc) is 3.00. The molecule has 24 heavy (non-hydrogen) atoms. The summed E-state index contributed by atoms with van der Waals surface area (Å²) in [6.45, 7) is 6.08. The molecular weight excluding hydrogens is 324 g/mol. The van der Waals surface area contributed by atoms with Gasteiger partial charge in [-0.3, -0.25) is 4.79 Å². The zero-order chi connectivity index (χ0) is 17.7. The summed E-state index contributed by atoms with van der Waals surface area (Å²) in [5.74, 6) is -0.0701. The number of likely N-dealkylation sites (tertiary alicyclic amines) is 1. The monoisotopic (exact) mass is 350 g/mol. The van der Waals surface area contributed by atoms with Crippen LogP contribution >= 0.6 is 11.8 Å². The Morgan fingerprint density at radius 1 is 1.33 bits per heavy atom. The van der Waals surface area contributed by atoms with Crippen LogP contribution in [0.2, 0.25) is 0 Å². The molecule has 1 aliphatic heterocycles. The second-order valence-electron chi connectivity index (χ2n) is 6.84. The van der Waals surface area contributed by atoms with Crippen molar-refractivity contribution in [1.82, 2.24) is 10.2 Å². The number of alkyl carbamates (subject to hydrolysis) is 1. The first-order valence-electron chi connectivity index (χ1n) is 8.21. The number of nitrogens with one attached hydrogen (secondary N) is 1. The Morgan fingerprint density at radius 3 is 2.71 bits per heavy atom. The molecule has 132 valence electrons. The fourth-order valence-corrected chi connectivity index (χ4v) is 3.55. The molecule has 1 aromatic rings. The lowest BCUT2D eigenvalue weighted by atomic mass is 10.0. The molecule has 0 bridgehead atoms. The third-order valence-corrected chi connectivity index (χ3v) is 4.67. The normalized spacial score (nSPS) is 17.7. The molecule has 0 radical (unpaired) electrons. The van der Waals surface area contributed by atoms with Gasteiger partial charge in [-0.25, -0.2) is 4.79 Å². The van der Waals surface area contributed by atoms with Gasteiger partial charge in [0, 0.05) is 11.4 Å². The van der Waals surface area contributed by atoms with Crippen molar-refractivity contribution < 1.29 is 14.3 Å². The Morgan fingerprint density at radius 2 is 2.04 bits per heavy atom. The van der Waals surface area contributed by atoms with E-state index in [2.05, 4.69) is 17.4 Å². The Hall–Kier alpha value is -1.69. The summed E-state index contributed by atoms with van der Waals surface area (Å²) in [5, 5.41) is 2.56. The molecule has 6 heteroatoms. The number of benzene rings is 1. The maximum absolute atomic E-state index is 12.5. The van der Waals surface area contributed by atoms with Gasteiger partial charge in [0.05, 0.1) is 6.04 Å². The van der Waals surface area contributed by atoms with Crippen LogP contribution in [-0.2, 0) is 9.53 Å². The molecule has 2 rings (SSSR count). The summed E-state index contributed by atoms with van der Waals surface area (Å²) in [7, 11) is 0. The minimum atomic E-state index is -0.569. The molecule has 1 heterocycles. The minimum Gasteiger partial charge on any atom is -0.444 e. The summed E-state index contributed by atoms with van der Waals surface area (Å²) in [5.41, 5.74) is 0.619. The summed E-state index contributed by atoms with van der Waals surface area (Å²) in [6, 6.07) is 8.28. The Kier molecular flexibility index (Phi) is 6.15. The molecule has 0 saturated carbocycles. The highest BCUT2D eigenvalue weighted by molar-refractivity contribution is 7.98. The number of rotatable bonds is 4. The van der Waals surface area contributed by atoms with Crippen molar-refractivity contribution in [3.05, 3.63) is 29.8 Å². The van der Waals surface area contributed by atoms with Crippen LogP contribution in [0.1, 0.15) is 45.2 Å². The van der Waals surface area contributed by atoms with Crippen LogP contribution in [0.4, 0.5) is 4.79 Å². The standard InChI is InChI=1S/C18H26N2O3S/c1-18(2,3)23-17(22)19-12-16(21)20-11-7-9-14(20)13-8-5-6-10-15(13)24-4/h5-6,8,10,14H,7,9,11-12H2,1-4H3,(H,19,22). The SMILES string of the molecule is CSc1ccccc1C1CCCN1C(=O)CNC(=O)OC(C)(C)C. The third kappa shape index (κ3) is 4.90. The van der Waals surface area contributed by atoms with Gasteiger partial charge in [-0.1, -0.05) is 18.2 Å². The molecule has 1 saturated heterocycles. The van der Waals surface area contributed by atoms with Crippen molar-refractivity contribution in [3.8, 4) is 0 Å². The minimum absolute atomic E-state index is 0.0349. The first kappa shape index (κ1) is 18.6. The van der Waals surface area contributed by atoms with E-state index in [4.69, 9.17) is 4.74 Å². The highest BCUT2D eigenvalue weighted by atomic mass is 32.2. The zero-order valence-electron chi connectivity index (χ0n) is 14.8. The molecule has 1 aromatic carbocycles. The van der Waals surface area contributed by atoms with E-state index in [1.165, 1.54) is 10.5 Å². The topological polar surface area (TPSA) is 58.6 Å². The Balaban J connectivity index is 2.00. The first-order chi connectivity index (χ1) is 11.3. The second kappa shape index (κ2) is 7.92. The Labute approximate surface area is 148 Å². The molecule has 1 aliphatic rings. The number of amides is 2. The van der Waals surface area contributed by atoms with E-state index in [0.717, 1.165) is 19.4 Å². The summed E-state index contributed by atoms with van der Waals surface area (Å²) >= 11 is 1.69. The van der Waals surface area contributed by atoms with E-state index in [9.17, 15) is 9.59 Å². The van der Waals surface area contributed by atoms with Gasteiger partial charge < -0.3 is 15.0 Å². The zero-order valence-corrected chi connectivity index (χ0v) is 15.6. The van der Waals surface area contributed by atoms with Crippen LogP contribution in [0.25, 0.3) is 0 Å². The highest BCUT2D eigenvalue weighted by Crippen LogP contribution is 2.36. The average molecular weight is 350 g/mol. The van der Waals surface area contributed by atoms with Crippen LogP contribution in [0.5, 0.6) is 0 Å². The van der Waals surface area contributed by atoms with Gasteiger partial charge in [0.1, 0.15) is 12.1 Å². The van der Waals surface area contributed by atoms with Gasteiger partial charge in [0.25, 0.3) is 0 Å². The number of carbonyl (C=O) groups is 2. The van der Waals surface area contributed by atoms with Crippen molar-refractivity contribution in [2.24, 2.45) is 0 Å². The molecule has 1 atom stereocenters. The lowest BCUT2D eigenvalue weighted by Gasteiger charge is -2.27. The van der Waals surface area contributed by atoms with Gasteiger partial charge in [-0.2, -0.15) is 0 Å². The molecule has 2 amide bonds. The largest absolute Gasteiger partial charge is 0.444 e. The van der Waals surface area contributed by atoms with Crippen LogP contribution in [0.3, 0.4) is 0 Å². The number of ether oxygens (including phenoxy) is 1. The second-order valence-corrected chi connectivity index (χ2v) is 7.69. The molecule has 0 aromatic heterocycles. The van der Waals surface area contributed by atoms with Gasteiger partial charge in [0.15, 0.2) is 0 Å².